The van der Waals surface area contributed by atoms with Gasteiger partial charge in [0.2, 0.25) is 5.91 Å². The third-order valence-electron chi connectivity index (χ3n) is 5.20. The fourth-order valence-electron chi connectivity index (χ4n) is 3.70. The predicted octanol–water partition coefficient (Wildman–Crippen LogP) is 3.12. The maximum atomic E-state index is 13.5. The first kappa shape index (κ1) is 19.7. The summed E-state index contributed by atoms with van der Waals surface area (Å²) in [4.78, 5) is 29.7. The van der Waals surface area contributed by atoms with E-state index in [1.165, 1.54) is 23.0 Å². The number of nitrogens with zero attached hydrogens (tertiary/aromatic N) is 2. The van der Waals surface area contributed by atoms with Crippen LogP contribution in [0.15, 0.2) is 58.1 Å². The molecular formula is C21H19BrFN3O3. The summed E-state index contributed by atoms with van der Waals surface area (Å²) in [5.41, 5.74) is 0.352. The van der Waals surface area contributed by atoms with Crippen LogP contribution in [0, 0.1) is 5.82 Å². The molecule has 1 aliphatic heterocycles. The lowest BCUT2D eigenvalue weighted by Crippen LogP contribution is -2.50. The lowest BCUT2D eigenvalue weighted by atomic mass is 9.82. The number of hydrogen-bond donors (Lipinski definition) is 1. The second-order valence-electron chi connectivity index (χ2n) is 7.09. The van der Waals surface area contributed by atoms with E-state index in [-0.39, 0.29) is 17.8 Å². The van der Waals surface area contributed by atoms with Gasteiger partial charge in [-0.2, -0.15) is 0 Å². The highest BCUT2D eigenvalue weighted by molar-refractivity contribution is 9.10. The molecule has 0 aliphatic carbocycles. The highest BCUT2D eigenvalue weighted by atomic mass is 79.9. The Hall–Kier alpha value is -2.58. The van der Waals surface area contributed by atoms with Crippen molar-refractivity contribution >= 4 is 32.7 Å². The monoisotopic (exact) mass is 459 g/mol. The van der Waals surface area contributed by atoms with Crippen LogP contribution >= 0.6 is 15.9 Å². The van der Waals surface area contributed by atoms with Crippen molar-refractivity contribution in [2.75, 3.05) is 13.2 Å². The molecular weight excluding hydrogens is 441 g/mol. The molecule has 1 aromatic heterocycles. The van der Waals surface area contributed by atoms with Gasteiger partial charge in [0.25, 0.3) is 5.56 Å². The van der Waals surface area contributed by atoms with Crippen molar-refractivity contribution in [2.45, 2.75) is 24.9 Å². The fraction of sp³-hybridized carbons (Fsp3) is 0.286. The zero-order valence-corrected chi connectivity index (χ0v) is 17.1. The van der Waals surface area contributed by atoms with E-state index in [9.17, 15) is 14.0 Å². The van der Waals surface area contributed by atoms with Crippen LogP contribution in [-0.4, -0.2) is 28.7 Å². The highest BCUT2D eigenvalue weighted by Gasteiger charge is 2.36. The molecule has 1 amide bonds. The lowest BCUT2D eigenvalue weighted by Gasteiger charge is -2.38. The number of benzene rings is 2. The van der Waals surface area contributed by atoms with Crippen molar-refractivity contribution in [3.05, 3.63) is 75.0 Å². The first-order valence-electron chi connectivity index (χ1n) is 9.26. The molecule has 2 aromatic carbocycles. The van der Waals surface area contributed by atoms with Crippen molar-refractivity contribution in [1.82, 2.24) is 14.9 Å². The predicted molar refractivity (Wildman–Crippen MR) is 110 cm³/mol. The molecule has 2 heterocycles. The molecule has 1 aliphatic rings. The van der Waals surface area contributed by atoms with Gasteiger partial charge in [-0.3, -0.25) is 14.2 Å². The zero-order valence-electron chi connectivity index (χ0n) is 15.5. The Morgan fingerprint density at radius 2 is 2.03 bits per heavy atom. The van der Waals surface area contributed by atoms with Gasteiger partial charge in [-0.05, 0) is 48.7 Å². The molecule has 29 heavy (non-hydrogen) atoms. The summed E-state index contributed by atoms with van der Waals surface area (Å²) in [5.74, 6) is -0.832. The molecule has 0 saturated carbocycles. The van der Waals surface area contributed by atoms with E-state index in [0.717, 1.165) is 16.1 Å². The normalized spacial score (nSPS) is 15.9. The Kier molecular flexibility index (Phi) is 5.47. The third-order valence-corrected chi connectivity index (χ3v) is 5.70. The minimum atomic E-state index is -0.570. The number of carbonyl (C=O) groups is 1. The number of fused-ring (bicyclic) bond motifs is 1. The van der Waals surface area contributed by atoms with Gasteiger partial charge in [-0.15, -0.1) is 0 Å². The largest absolute Gasteiger partial charge is 0.381 e. The topological polar surface area (TPSA) is 73.2 Å². The lowest BCUT2D eigenvalue weighted by molar-refractivity contribution is -0.125. The molecule has 0 bridgehead atoms. The van der Waals surface area contributed by atoms with Gasteiger partial charge >= 0.3 is 0 Å². The molecule has 8 heteroatoms. The van der Waals surface area contributed by atoms with Crippen molar-refractivity contribution in [1.29, 1.82) is 0 Å². The summed E-state index contributed by atoms with van der Waals surface area (Å²) in [5, 5.41) is 3.26. The Morgan fingerprint density at radius 3 is 2.79 bits per heavy atom. The molecule has 3 aromatic rings. The third kappa shape index (κ3) is 4.09. The summed E-state index contributed by atoms with van der Waals surface area (Å²) in [7, 11) is 0. The van der Waals surface area contributed by atoms with E-state index in [1.807, 2.05) is 24.3 Å². The van der Waals surface area contributed by atoms with Crippen LogP contribution in [0.3, 0.4) is 0 Å². The molecule has 0 radical (unpaired) electrons. The van der Waals surface area contributed by atoms with Crippen LogP contribution in [0.1, 0.15) is 18.4 Å². The summed E-state index contributed by atoms with van der Waals surface area (Å²) < 4.78 is 21.1. The average molecular weight is 460 g/mol. The van der Waals surface area contributed by atoms with Crippen molar-refractivity contribution < 1.29 is 13.9 Å². The number of hydrogen-bond acceptors (Lipinski definition) is 4. The van der Waals surface area contributed by atoms with Gasteiger partial charge in [0.05, 0.1) is 22.8 Å². The summed E-state index contributed by atoms with van der Waals surface area (Å²) in [6.07, 6.45) is 2.58. The number of nitrogens with one attached hydrogen (secondary N) is 1. The van der Waals surface area contributed by atoms with Crippen molar-refractivity contribution in [3.8, 4) is 0 Å². The first-order chi connectivity index (χ1) is 14.0. The van der Waals surface area contributed by atoms with Crippen LogP contribution in [0.2, 0.25) is 0 Å². The molecule has 6 nitrogen and oxygen atoms in total. The van der Waals surface area contributed by atoms with E-state index in [4.69, 9.17) is 4.74 Å². The summed E-state index contributed by atoms with van der Waals surface area (Å²) in [6, 6.07) is 11.6. The Morgan fingerprint density at radius 1 is 1.24 bits per heavy atom. The van der Waals surface area contributed by atoms with Gasteiger partial charge in [-0.25, -0.2) is 9.37 Å². The molecule has 4 rings (SSSR count). The Labute approximate surface area is 174 Å². The van der Waals surface area contributed by atoms with Crippen LogP contribution < -0.4 is 10.9 Å². The van der Waals surface area contributed by atoms with Crippen LogP contribution in [0.4, 0.5) is 4.39 Å². The summed E-state index contributed by atoms with van der Waals surface area (Å²) in [6.45, 7) is 0.863. The van der Waals surface area contributed by atoms with Crippen LogP contribution in [0.5, 0.6) is 0 Å². The van der Waals surface area contributed by atoms with Crippen LogP contribution in [-0.2, 0) is 21.6 Å². The number of halogens is 2. The standard InChI is InChI=1S/C21H19BrFN3O3/c22-15-3-1-2-14(10-15)21(6-8-29-9-7-21)25-19(27)12-26-13-24-18-5-4-16(23)11-17(18)20(26)28/h1-5,10-11,13H,6-9,12H2,(H,25,27). The maximum Gasteiger partial charge on any atom is 0.261 e. The van der Waals surface area contributed by atoms with Gasteiger partial charge in [0, 0.05) is 17.7 Å². The van der Waals surface area contributed by atoms with Crippen molar-refractivity contribution in [2.24, 2.45) is 0 Å². The molecule has 150 valence electrons. The van der Waals surface area contributed by atoms with Gasteiger partial charge in [0.1, 0.15) is 12.4 Å². The SMILES string of the molecule is O=C(Cn1cnc2ccc(F)cc2c1=O)NC1(c2cccc(Br)c2)CCOCC1. The van der Waals surface area contributed by atoms with E-state index >= 15 is 0 Å². The molecule has 1 N–H and O–H groups in total. The number of amides is 1. The van der Waals surface area contributed by atoms with E-state index in [2.05, 4.69) is 26.2 Å². The smallest absolute Gasteiger partial charge is 0.261 e. The average Bonchev–Trinajstić information content (AvgIpc) is 2.71. The number of ether oxygens (including phenoxy) is 1. The van der Waals surface area contributed by atoms with E-state index in [0.29, 0.717) is 31.6 Å². The molecule has 0 atom stereocenters. The molecule has 0 spiro atoms. The first-order valence-corrected chi connectivity index (χ1v) is 10.1. The quantitative estimate of drug-likeness (QED) is 0.650. The second-order valence-corrected chi connectivity index (χ2v) is 8.01. The number of aromatic nitrogens is 2. The molecule has 1 saturated heterocycles. The van der Waals surface area contributed by atoms with Gasteiger partial charge in [-0.1, -0.05) is 28.1 Å². The van der Waals surface area contributed by atoms with E-state index in [1.54, 1.807) is 0 Å². The minimum Gasteiger partial charge on any atom is -0.381 e. The maximum absolute atomic E-state index is 13.5. The van der Waals surface area contributed by atoms with E-state index < -0.39 is 16.9 Å². The highest BCUT2D eigenvalue weighted by Crippen LogP contribution is 2.33. The zero-order chi connectivity index (χ0) is 20.4. The van der Waals surface area contributed by atoms with Gasteiger partial charge < -0.3 is 10.1 Å². The number of carbonyl (C=O) groups excluding carboxylic acids is 1. The Bertz CT molecular complexity index is 1130. The minimum absolute atomic E-state index is 0.146. The van der Waals surface area contributed by atoms with Gasteiger partial charge in [0.15, 0.2) is 0 Å². The number of rotatable bonds is 4. The molecule has 0 unspecified atom stereocenters. The van der Waals surface area contributed by atoms with Crippen molar-refractivity contribution in [3.63, 3.8) is 0 Å². The molecule has 1 fully saturated rings. The van der Waals surface area contributed by atoms with Crippen LogP contribution in [0.25, 0.3) is 10.9 Å². The summed E-state index contributed by atoms with van der Waals surface area (Å²) >= 11 is 3.48. The Balaban J connectivity index is 1.61. The fourth-order valence-corrected chi connectivity index (χ4v) is 4.10. The second kappa shape index (κ2) is 8.04.